The molecule has 0 aliphatic rings. The lowest BCUT2D eigenvalue weighted by atomic mass is 10.1. The zero-order chi connectivity index (χ0) is 16.8. The van der Waals surface area contributed by atoms with Gasteiger partial charge in [0.05, 0.1) is 6.04 Å². The van der Waals surface area contributed by atoms with Gasteiger partial charge in [-0.15, -0.1) is 0 Å². The summed E-state index contributed by atoms with van der Waals surface area (Å²) in [4.78, 5) is 14.3. The van der Waals surface area contributed by atoms with E-state index >= 15 is 0 Å². The van der Waals surface area contributed by atoms with Crippen LogP contribution < -0.4 is 5.32 Å². The molecular formula is C19H23FN2O. The zero-order valence-corrected chi connectivity index (χ0v) is 13.8. The van der Waals surface area contributed by atoms with Gasteiger partial charge in [0.1, 0.15) is 5.82 Å². The van der Waals surface area contributed by atoms with Gasteiger partial charge in [-0.05, 0) is 55.8 Å². The van der Waals surface area contributed by atoms with E-state index in [0.717, 1.165) is 6.42 Å². The molecule has 2 aromatic carbocycles. The van der Waals surface area contributed by atoms with Crippen molar-refractivity contribution < 1.29 is 9.18 Å². The molecule has 0 aliphatic carbocycles. The molecule has 2 aromatic rings. The quantitative estimate of drug-likeness (QED) is 0.878. The fourth-order valence-corrected chi connectivity index (χ4v) is 2.29. The first kappa shape index (κ1) is 17.2. The van der Waals surface area contributed by atoms with Crippen LogP contribution in [0.4, 0.5) is 10.1 Å². The minimum Gasteiger partial charge on any atom is -0.325 e. The molecule has 0 aromatic heterocycles. The molecule has 0 fully saturated rings. The van der Waals surface area contributed by atoms with Crippen molar-refractivity contribution in [3.8, 4) is 0 Å². The molecule has 23 heavy (non-hydrogen) atoms. The summed E-state index contributed by atoms with van der Waals surface area (Å²) in [6, 6.07) is 13.9. The number of carbonyl (C=O) groups excluding carboxylic acids is 1. The molecule has 4 heteroatoms. The van der Waals surface area contributed by atoms with Crippen molar-refractivity contribution in [3.63, 3.8) is 0 Å². The maximum Gasteiger partial charge on any atom is 0.241 e. The van der Waals surface area contributed by atoms with Gasteiger partial charge in [-0.1, -0.05) is 31.2 Å². The van der Waals surface area contributed by atoms with Crippen LogP contribution >= 0.6 is 0 Å². The van der Waals surface area contributed by atoms with E-state index in [-0.39, 0.29) is 17.8 Å². The van der Waals surface area contributed by atoms with Crippen LogP contribution in [0.25, 0.3) is 0 Å². The highest BCUT2D eigenvalue weighted by Gasteiger charge is 2.18. The van der Waals surface area contributed by atoms with E-state index in [1.807, 2.05) is 18.9 Å². The van der Waals surface area contributed by atoms with Gasteiger partial charge in [-0.2, -0.15) is 0 Å². The molecule has 1 amide bonds. The van der Waals surface area contributed by atoms with Crippen LogP contribution in [0.15, 0.2) is 48.5 Å². The zero-order valence-electron chi connectivity index (χ0n) is 13.8. The number of nitrogens with zero attached hydrogens (tertiary/aromatic N) is 1. The van der Waals surface area contributed by atoms with E-state index < -0.39 is 0 Å². The summed E-state index contributed by atoms with van der Waals surface area (Å²) in [6.45, 7) is 4.68. The summed E-state index contributed by atoms with van der Waals surface area (Å²) in [6.07, 6.45) is 1.02. The van der Waals surface area contributed by atoms with Crippen molar-refractivity contribution in [2.75, 3.05) is 12.4 Å². The molecule has 0 heterocycles. The highest BCUT2D eigenvalue weighted by molar-refractivity contribution is 5.94. The Hall–Kier alpha value is -2.20. The first-order valence-electron chi connectivity index (χ1n) is 7.84. The number of hydrogen-bond donors (Lipinski definition) is 1. The fraction of sp³-hybridized carbons (Fsp3) is 0.316. The maximum atomic E-state index is 12.9. The number of benzene rings is 2. The van der Waals surface area contributed by atoms with Crippen molar-refractivity contribution in [1.29, 1.82) is 0 Å². The number of hydrogen-bond acceptors (Lipinski definition) is 2. The summed E-state index contributed by atoms with van der Waals surface area (Å²) in [7, 11) is 1.92. The third kappa shape index (κ3) is 4.89. The largest absolute Gasteiger partial charge is 0.325 e. The molecule has 0 bridgehead atoms. The number of likely N-dealkylation sites (N-methyl/N-ethyl adjacent to an activating group) is 1. The minimum absolute atomic E-state index is 0.107. The van der Waals surface area contributed by atoms with Crippen LogP contribution in [0.3, 0.4) is 0 Å². The number of aryl methyl sites for hydroxylation is 1. The smallest absolute Gasteiger partial charge is 0.241 e. The van der Waals surface area contributed by atoms with E-state index in [9.17, 15) is 9.18 Å². The predicted molar refractivity (Wildman–Crippen MR) is 91.8 cm³/mol. The van der Waals surface area contributed by atoms with Gasteiger partial charge in [0.2, 0.25) is 5.91 Å². The molecule has 3 nitrogen and oxygen atoms in total. The lowest BCUT2D eigenvalue weighted by Gasteiger charge is -2.24. The van der Waals surface area contributed by atoms with Crippen LogP contribution in [-0.2, 0) is 17.8 Å². The second-order valence-electron chi connectivity index (χ2n) is 5.76. The molecule has 1 unspecified atom stereocenters. The second-order valence-corrected chi connectivity index (χ2v) is 5.76. The Morgan fingerprint density at radius 1 is 1.09 bits per heavy atom. The van der Waals surface area contributed by atoms with E-state index in [4.69, 9.17) is 0 Å². The van der Waals surface area contributed by atoms with Gasteiger partial charge >= 0.3 is 0 Å². The Morgan fingerprint density at radius 2 is 1.65 bits per heavy atom. The Kier molecular flexibility index (Phi) is 5.88. The van der Waals surface area contributed by atoms with E-state index in [1.165, 1.54) is 23.3 Å². The van der Waals surface area contributed by atoms with Crippen LogP contribution in [0.1, 0.15) is 25.0 Å². The van der Waals surface area contributed by atoms with Gasteiger partial charge in [-0.25, -0.2) is 4.39 Å². The molecule has 0 saturated heterocycles. The molecule has 0 radical (unpaired) electrons. The van der Waals surface area contributed by atoms with Crippen molar-refractivity contribution in [3.05, 3.63) is 65.5 Å². The van der Waals surface area contributed by atoms with Gasteiger partial charge < -0.3 is 5.32 Å². The highest BCUT2D eigenvalue weighted by atomic mass is 19.1. The number of nitrogens with one attached hydrogen (secondary N) is 1. The lowest BCUT2D eigenvalue weighted by Crippen LogP contribution is -2.39. The van der Waals surface area contributed by atoms with Crippen LogP contribution in [-0.4, -0.2) is 23.9 Å². The number of halogens is 1. The number of carbonyl (C=O) groups is 1. The van der Waals surface area contributed by atoms with E-state index in [1.54, 1.807) is 12.1 Å². The van der Waals surface area contributed by atoms with E-state index in [0.29, 0.717) is 12.2 Å². The van der Waals surface area contributed by atoms with Crippen molar-refractivity contribution in [2.24, 2.45) is 0 Å². The summed E-state index contributed by atoms with van der Waals surface area (Å²) >= 11 is 0. The SMILES string of the molecule is CCc1ccc(CN(C)C(C)C(=O)Nc2ccc(F)cc2)cc1. The average molecular weight is 314 g/mol. The number of anilines is 1. The third-order valence-electron chi connectivity index (χ3n) is 4.02. The van der Waals surface area contributed by atoms with Crippen LogP contribution in [0.5, 0.6) is 0 Å². The minimum atomic E-state index is -0.316. The van der Waals surface area contributed by atoms with Crippen LogP contribution in [0.2, 0.25) is 0 Å². The van der Waals surface area contributed by atoms with Gasteiger partial charge in [0, 0.05) is 12.2 Å². The van der Waals surface area contributed by atoms with Gasteiger partial charge in [-0.3, -0.25) is 9.69 Å². The molecule has 1 N–H and O–H groups in total. The second kappa shape index (κ2) is 7.88. The van der Waals surface area contributed by atoms with Crippen LogP contribution in [0, 0.1) is 5.82 Å². The maximum absolute atomic E-state index is 12.9. The lowest BCUT2D eigenvalue weighted by molar-refractivity contribution is -0.120. The summed E-state index contributed by atoms with van der Waals surface area (Å²) in [5.41, 5.74) is 3.08. The average Bonchev–Trinajstić information content (AvgIpc) is 2.56. The first-order valence-corrected chi connectivity index (χ1v) is 7.84. The summed E-state index contributed by atoms with van der Waals surface area (Å²) < 4.78 is 12.9. The first-order chi connectivity index (χ1) is 11.0. The molecular weight excluding hydrogens is 291 g/mol. The standard InChI is InChI=1S/C19H23FN2O/c1-4-15-5-7-16(8-6-15)13-22(3)14(2)19(23)21-18-11-9-17(20)10-12-18/h5-12,14H,4,13H2,1-3H3,(H,21,23). The number of amides is 1. The Labute approximate surface area is 137 Å². The van der Waals surface area contributed by atoms with Crippen molar-refractivity contribution in [2.45, 2.75) is 32.9 Å². The molecule has 122 valence electrons. The Balaban J connectivity index is 1.93. The van der Waals surface area contributed by atoms with Crippen molar-refractivity contribution >= 4 is 11.6 Å². The van der Waals surface area contributed by atoms with Gasteiger partial charge in [0.25, 0.3) is 0 Å². The molecule has 0 aliphatic heterocycles. The molecule has 0 spiro atoms. The normalized spacial score (nSPS) is 12.2. The Morgan fingerprint density at radius 3 is 2.22 bits per heavy atom. The highest BCUT2D eigenvalue weighted by Crippen LogP contribution is 2.12. The topological polar surface area (TPSA) is 32.3 Å². The summed E-state index contributed by atoms with van der Waals surface area (Å²) in [5, 5.41) is 2.81. The van der Waals surface area contributed by atoms with E-state index in [2.05, 4.69) is 36.5 Å². The predicted octanol–water partition coefficient (Wildman–Crippen LogP) is 3.85. The molecule has 2 rings (SSSR count). The molecule has 0 saturated carbocycles. The van der Waals surface area contributed by atoms with Crippen molar-refractivity contribution in [1.82, 2.24) is 4.90 Å². The molecule has 1 atom stereocenters. The summed E-state index contributed by atoms with van der Waals surface area (Å²) in [5.74, 6) is -0.423. The number of rotatable bonds is 6. The fourth-order valence-electron chi connectivity index (χ4n) is 2.29. The third-order valence-corrected chi connectivity index (χ3v) is 4.02. The van der Waals surface area contributed by atoms with Gasteiger partial charge in [0.15, 0.2) is 0 Å². The monoisotopic (exact) mass is 314 g/mol. The Bertz CT molecular complexity index is 637.